The van der Waals surface area contributed by atoms with Crippen LogP contribution in [0.5, 0.6) is 0 Å². The molecule has 0 bridgehead atoms. The summed E-state index contributed by atoms with van der Waals surface area (Å²) in [4.78, 5) is 14.8. The number of ether oxygens (including phenoxy) is 1. The van der Waals surface area contributed by atoms with Crippen LogP contribution < -0.4 is 10.6 Å². The predicted molar refractivity (Wildman–Crippen MR) is 83.8 cm³/mol. The van der Waals surface area contributed by atoms with Crippen molar-refractivity contribution in [3.8, 4) is 0 Å². The topological polar surface area (TPSA) is 89.3 Å². The molecule has 0 aliphatic heterocycles. The molecule has 0 amide bonds. The van der Waals surface area contributed by atoms with E-state index in [0.29, 0.717) is 37.3 Å². The highest BCUT2D eigenvalue weighted by Gasteiger charge is 2.15. The van der Waals surface area contributed by atoms with Crippen molar-refractivity contribution in [1.82, 2.24) is 4.98 Å². The van der Waals surface area contributed by atoms with E-state index in [-0.39, 0.29) is 5.69 Å². The number of aromatic nitrogens is 1. The Hall–Kier alpha value is -1.89. The number of nitrogens with one attached hydrogen (secondary N) is 2. The molecule has 0 aliphatic carbocycles. The first kappa shape index (κ1) is 17.2. The van der Waals surface area contributed by atoms with E-state index in [4.69, 9.17) is 4.74 Å². The van der Waals surface area contributed by atoms with Gasteiger partial charge in [-0.25, -0.2) is 4.98 Å². The zero-order chi connectivity index (χ0) is 15.7. The molecule has 0 unspecified atom stereocenters. The Morgan fingerprint density at radius 1 is 1.38 bits per heavy atom. The first-order valence-electron chi connectivity index (χ1n) is 7.25. The van der Waals surface area contributed by atoms with Crippen molar-refractivity contribution in [2.45, 2.75) is 27.2 Å². The van der Waals surface area contributed by atoms with Gasteiger partial charge in [-0.05, 0) is 25.3 Å². The molecule has 0 fully saturated rings. The largest absolute Gasteiger partial charge is 0.381 e. The van der Waals surface area contributed by atoms with Crippen LogP contribution >= 0.6 is 0 Å². The van der Waals surface area contributed by atoms with Crippen LogP contribution in [0.3, 0.4) is 0 Å². The third-order valence-corrected chi connectivity index (χ3v) is 2.64. The Kier molecular flexibility index (Phi) is 7.45. The fourth-order valence-electron chi connectivity index (χ4n) is 1.71. The molecule has 1 aromatic rings. The fourth-order valence-corrected chi connectivity index (χ4v) is 1.71. The van der Waals surface area contributed by atoms with E-state index >= 15 is 0 Å². The van der Waals surface area contributed by atoms with Gasteiger partial charge in [0.25, 0.3) is 0 Å². The summed E-state index contributed by atoms with van der Waals surface area (Å²) in [6.07, 6.45) is 0.775. The first-order valence-corrected chi connectivity index (χ1v) is 7.25. The number of anilines is 2. The van der Waals surface area contributed by atoms with E-state index in [9.17, 15) is 10.1 Å². The van der Waals surface area contributed by atoms with E-state index in [0.717, 1.165) is 13.0 Å². The lowest BCUT2D eigenvalue weighted by Gasteiger charge is -2.10. The number of rotatable bonds is 10. The smallest absolute Gasteiger partial charge is 0.311 e. The van der Waals surface area contributed by atoms with Crippen molar-refractivity contribution in [3.63, 3.8) is 0 Å². The van der Waals surface area contributed by atoms with Gasteiger partial charge in [0.2, 0.25) is 5.82 Å². The zero-order valence-corrected chi connectivity index (χ0v) is 12.9. The first-order chi connectivity index (χ1) is 10.0. The molecule has 0 atom stereocenters. The molecule has 0 spiro atoms. The van der Waals surface area contributed by atoms with Crippen LogP contribution in [0.15, 0.2) is 12.1 Å². The summed E-state index contributed by atoms with van der Waals surface area (Å²) in [6.45, 7) is 8.80. The third kappa shape index (κ3) is 6.40. The maximum Gasteiger partial charge on any atom is 0.311 e. The minimum Gasteiger partial charge on any atom is -0.381 e. The SMILES string of the molecule is CCNc1ccc([N+](=O)[O-])c(NCCCOCC(C)C)n1. The zero-order valence-electron chi connectivity index (χ0n) is 12.9. The molecule has 1 aromatic heterocycles. The fraction of sp³-hybridized carbons (Fsp3) is 0.643. The molecule has 7 nitrogen and oxygen atoms in total. The minimum atomic E-state index is -0.430. The summed E-state index contributed by atoms with van der Waals surface area (Å²) in [5, 5.41) is 17.0. The monoisotopic (exact) mass is 296 g/mol. The minimum absolute atomic E-state index is 0.0141. The van der Waals surface area contributed by atoms with Gasteiger partial charge in [0.15, 0.2) is 0 Å². The van der Waals surface area contributed by atoms with Crippen molar-refractivity contribution < 1.29 is 9.66 Å². The summed E-state index contributed by atoms with van der Waals surface area (Å²) in [5.74, 6) is 1.43. The Bertz CT molecular complexity index is 452. The van der Waals surface area contributed by atoms with Crippen molar-refractivity contribution in [2.75, 3.05) is 36.9 Å². The van der Waals surface area contributed by atoms with Crippen LogP contribution in [0.1, 0.15) is 27.2 Å². The van der Waals surface area contributed by atoms with Crippen LogP contribution in [0.2, 0.25) is 0 Å². The number of nitro groups is 1. The van der Waals surface area contributed by atoms with E-state index in [1.54, 1.807) is 6.07 Å². The average Bonchev–Trinajstić information content (AvgIpc) is 2.42. The molecule has 1 heterocycles. The summed E-state index contributed by atoms with van der Waals surface area (Å²) in [6, 6.07) is 3.07. The second-order valence-electron chi connectivity index (χ2n) is 5.10. The van der Waals surface area contributed by atoms with E-state index in [1.807, 2.05) is 6.92 Å². The second-order valence-corrected chi connectivity index (χ2v) is 5.10. The van der Waals surface area contributed by atoms with Crippen molar-refractivity contribution in [1.29, 1.82) is 0 Å². The molecule has 21 heavy (non-hydrogen) atoms. The van der Waals surface area contributed by atoms with Gasteiger partial charge in [-0.1, -0.05) is 13.8 Å². The molecule has 0 saturated heterocycles. The quantitative estimate of drug-likeness (QED) is 0.392. The van der Waals surface area contributed by atoms with E-state index in [1.165, 1.54) is 6.07 Å². The van der Waals surface area contributed by atoms with Gasteiger partial charge in [0.05, 0.1) is 4.92 Å². The van der Waals surface area contributed by atoms with Gasteiger partial charge in [-0.2, -0.15) is 0 Å². The van der Waals surface area contributed by atoms with Gasteiger partial charge in [-0.3, -0.25) is 10.1 Å². The summed E-state index contributed by atoms with van der Waals surface area (Å²) in [7, 11) is 0. The molecule has 1 rings (SSSR count). The lowest BCUT2D eigenvalue weighted by Crippen LogP contribution is -2.11. The maximum absolute atomic E-state index is 11.0. The number of hydrogen-bond donors (Lipinski definition) is 2. The van der Waals surface area contributed by atoms with Gasteiger partial charge in [0.1, 0.15) is 5.82 Å². The Morgan fingerprint density at radius 3 is 2.76 bits per heavy atom. The second kappa shape index (κ2) is 9.12. The Morgan fingerprint density at radius 2 is 2.14 bits per heavy atom. The van der Waals surface area contributed by atoms with Gasteiger partial charge in [-0.15, -0.1) is 0 Å². The average molecular weight is 296 g/mol. The molecule has 0 aliphatic rings. The summed E-state index contributed by atoms with van der Waals surface area (Å²) >= 11 is 0. The molecular weight excluding hydrogens is 272 g/mol. The highest BCUT2D eigenvalue weighted by Crippen LogP contribution is 2.23. The normalized spacial score (nSPS) is 10.7. The standard InChI is InChI=1S/C14H24N4O3/c1-4-15-13-7-6-12(18(19)20)14(17-13)16-8-5-9-21-10-11(2)3/h6-7,11H,4-5,8-10H2,1-3H3,(H2,15,16,17). The number of pyridine rings is 1. The van der Waals surface area contributed by atoms with Crippen molar-refractivity contribution >= 4 is 17.3 Å². The van der Waals surface area contributed by atoms with Gasteiger partial charge in [0, 0.05) is 32.4 Å². The number of nitrogens with zero attached hydrogens (tertiary/aromatic N) is 2. The number of hydrogen-bond acceptors (Lipinski definition) is 6. The van der Waals surface area contributed by atoms with Crippen LogP contribution in [0.4, 0.5) is 17.3 Å². The summed E-state index contributed by atoms with van der Waals surface area (Å²) < 4.78 is 5.47. The van der Waals surface area contributed by atoms with Crippen molar-refractivity contribution in [2.24, 2.45) is 5.92 Å². The highest BCUT2D eigenvalue weighted by atomic mass is 16.6. The molecule has 2 N–H and O–H groups in total. The van der Waals surface area contributed by atoms with Crippen LogP contribution in [0, 0.1) is 16.0 Å². The maximum atomic E-state index is 11.0. The van der Waals surface area contributed by atoms with Gasteiger partial charge >= 0.3 is 5.69 Å². The third-order valence-electron chi connectivity index (χ3n) is 2.64. The molecule has 0 saturated carbocycles. The Balaban J connectivity index is 2.51. The highest BCUT2D eigenvalue weighted by molar-refractivity contribution is 5.60. The molecule has 7 heteroatoms. The van der Waals surface area contributed by atoms with Gasteiger partial charge < -0.3 is 15.4 Å². The van der Waals surface area contributed by atoms with Crippen molar-refractivity contribution in [3.05, 3.63) is 22.2 Å². The Labute approximate surface area is 125 Å². The van der Waals surface area contributed by atoms with Crippen LogP contribution in [0.25, 0.3) is 0 Å². The van der Waals surface area contributed by atoms with E-state index < -0.39 is 4.92 Å². The molecule has 118 valence electrons. The lowest BCUT2D eigenvalue weighted by atomic mass is 10.2. The molecule has 0 aromatic carbocycles. The lowest BCUT2D eigenvalue weighted by molar-refractivity contribution is -0.384. The van der Waals surface area contributed by atoms with Crippen LogP contribution in [-0.2, 0) is 4.74 Å². The molecule has 0 radical (unpaired) electrons. The van der Waals surface area contributed by atoms with Crippen LogP contribution in [-0.4, -0.2) is 36.2 Å². The predicted octanol–water partition coefficient (Wildman–Crippen LogP) is 2.90. The summed E-state index contributed by atoms with van der Waals surface area (Å²) in [5.41, 5.74) is -0.0141. The van der Waals surface area contributed by atoms with E-state index in [2.05, 4.69) is 29.5 Å². The molecular formula is C14H24N4O3.